The van der Waals surface area contributed by atoms with E-state index in [4.69, 9.17) is 0 Å². The van der Waals surface area contributed by atoms with E-state index in [0.717, 1.165) is 12.0 Å². The third kappa shape index (κ3) is 3.61. The van der Waals surface area contributed by atoms with E-state index in [1.54, 1.807) is 6.07 Å². The van der Waals surface area contributed by atoms with Crippen LogP contribution in [0.5, 0.6) is 0 Å². The van der Waals surface area contributed by atoms with Gasteiger partial charge in [0.25, 0.3) is 0 Å². The average Bonchev–Trinajstić information content (AvgIpc) is 2.95. The number of sulfonamides is 1. The Bertz CT molecular complexity index is 599. The van der Waals surface area contributed by atoms with Crippen molar-refractivity contribution in [3.8, 4) is 0 Å². The van der Waals surface area contributed by atoms with Crippen LogP contribution in [0.1, 0.15) is 25.8 Å². The van der Waals surface area contributed by atoms with Crippen LogP contribution >= 0.6 is 15.9 Å². The molecule has 1 unspecified atom stereocenters. The van der Waals surface area contributed by atoms with Gasteiger partial charge in [0.15, 0.2) is 0 Å². The molecule has 4 nitrogen and oxygen atoms in total. The second-order valence-corrected chi connectivity index (χ2v) is 8.63. The molecular formula is C14H21BrN2O2S. The van der Waals surface area contributed by atoms with Crippen LogP contribution in [0.15, 0.2) is 27.6 Å². The summed E-state index contributed by atoms with van der Waals surface area (Å²) in [5.41, 5.74) is 1.32. The smallest absolute Gasteiger partial charge is 0.241 e. The Balaban J connectivity index is 2.09. The molecule has 0 aliphatic heterocycles. The fraction of sp³-hybridized carbons (Fsp3) is 0.571. The van der Waals surface area contributed by atoms with E-state index in [2.05, 4.69) is 39.8 Å². The number of nitrogens with one attached hydrogen (secondary N) is 2. The third-order valence-corrected chi connectivity index (χ3v) is 6.30. The fourth-order valence-corrected chi connectivity index (χ4v) is 4.49. The first kappa shape index (κ1) is 15.9. The first-order valence-electron chi connectivity index (χ1n) is 6.69. The van der Waals surface area contributed by atoms with E-state index in [-0.39, 0.29) is 5.41 Å². The zero-order valence-electron chi connectivity index (χ0n) is 12.0. The molecule has 2 rings (SSSR count). The van der Waals surface area contributed by atoms with Crippen molar-refractivity contribution >= 4 is 26.0 Å². The minimum Gasteiger partial charge on any atom is -0.316 e. The summed E-state index contributed by atoms with van der Waals surface area (Å²) in [7, 11) is -1.59. The molecule has 0 amide bonds. The number of hydrogen-bond donors (Lipinski definition) is 2. The molecule has 1 atom stereocenters. The highest BCUT2D eigenvalue weighted by atomic mass is 79.9. The van der Waals surface area contributed by atoms with Crippen molar-refractivity contribution in [2.75, 3.05) is 13.6 Å². The standard InChI is InChI=1S/C14H21BrN2O2S/c1-14(2)7-11(14)9-17-20(18,19)13-5-4-10(8-16-3)6-12(13)15/h4-6,11,16-17H,7-9H2,1-3H3. The van der Waals surface area contributed by atoms with Crippen molar-refractivity contribution in [3.05, 3.63) is 28.2 Å². The van der Waals surface area contributed by atoms with Gasteiger partial charge in [0.1, 0.15) is 0 Å². The van der Waals surface area contributed by atoms with Crippen LogP contribution in [0.4, 0.5) is 0 Å². The van der Waals surface area contributed by atoms with E-state index in [9.17, 15) is 8.42 Å². The Labute approximate surface area is 129 Å². The Morgan fingerprint density at radius 1 is 1.40 bits per heavy atom. The zero-order chi connectivity index (χ0) is 15.0. The van der Waals surface area contributed by atoms with Gasteiger partial charge in [0.2, 0.25) is 10.0 Å². The highest BCUT2D eigenvalue weighted by Gasteiger charge is 2.45. The van der Waals surface area contributed by atoms with Crippen LogP contribution in [0.2, 0.25) is 0 Å². The maximum Gasteiger partial charge on any atom is 0.241 e. The first-order valence-corrected chi connectivity index (χ1v) is 8.96. The summed E-state index contributed by atoms with van der Waals surface area (Å²) in [5, 5.41) is 3.04. The Hall–Kier alpha value is -0.430. The van der Waals surface area contributed by atoms with Crippen LogP contribution in [0.3, 0.4) is 0 Å². The molecule has 1 fully saturated rings. The molecule has 2 N–H and O–H groups in total. The summed E-state index contributed by atoms with van der Waals surface area (Å²) >= 11 is 3.35. The lowest BCUT2D eigenvalue weighted by molar-refractivity contribution is 0.537. The molecule has 1 aliphatic carbocycles. The Kier molecular flexibility index (Phi) is 4.59. The second kappa shape index (κ2) is 5.75. The lowest BCUT2D eigenvalue weighted by Crippen LogP contribution is -2.27. The number of halogens is 1. The maximum absolute atomic E-state index is 12.3. The SMILES string of the molecule is CNCc1ccc(S(=O)(=O)NCC2CC2(C)C)c(Br)c1. The minimum absolute atomic E-state index is 0.274. The summed E-state index contributed by atoms with van der Waals surface area (Å²) in [5.74, 6) is 0.444. The fourth-order valence-electron chi connectivity index (χ4n) is 2.29. The average molecular weight is 361 g/mol. The summed E-state index contributed by atoms with van der Waals surface area (Å²) in [6, 6.07) is 5.32. The predicted molar refractivity (Wildman–Crippen MR) is 84.0 cm³/mol. The minimum atomic E-state index is -3.45. The topological polar surface area (TPSA) is 58.2 Å². The monoisotopic (exact) mass is 360 g/mol. The maximum atomic E-state index is 12.3. The first-order chi connectivity index (χ1) is 9.26. The lowest BCUT2D eigenvalue weighted by Gasteiger charge is -2.10. The van der Waals surface area contributed by atoms with E-state index < -0.39 is 10.0 Å². The van der Waals surface area contributed by atoms with Gasteiger partial charge in [-0.15, -0.1) is 0 Å². The summed E-state index contributed by atoms with van der Waals surface area (Å²) in [6.07, 6.45) is 1.08. The molecule has 0 heterocycles. The summed E-state index contributed by atoms with van der Waals surface area (Å²) in [6.45, 7) is 5.55. The molecule has 1 aromatic rings. The van der Waals surface area contributed by atoms with Gasteiger partial charge in [-0.1, -0.05) is 19.9 Å². The van der Waals surface area contributed by atoms with Crippen molar-refractivity contribution in [1.82, 2.24) is 10.0 Å². The van der Waals surface area contributed by atoms with Crippen LogP contribution in [-0.2, 0) is 16.6 Å². The van der Waals surface area contributed by atoms with E-state index in [1.807, 2.05) is 19.2 Å². The van der Waals surface area contributed by atoms with Crippen molar-refractivity contribution in [2.45, 2.75) is 31.7 Å². The van der Waals surface area contributed by atoms with Crippen LogP contribution in [-0.4, -0.2) is 22.0 Å². The van der Waals surface area contributed by atoms with Crippen molar-refractivity contribution in [2.24, 2.45) is 11.3 Å². The molecule has 20 heavy (non-hydrogen) atoms. The Morgan fingerprint density at radius 3 is 2.55 bits per heavy atom. The van der Waals surface area contributed by atoms with Crippen molar-refractivity contribution in [3.63, 3.8) is 0 Å². The molecule has 0 saturated heterocycles. The number of benzene rings is 1. The molecule has 6 heteroatoms. The molecule has 1 saturated carbocycles. The van der Waals surface area contributed by atoms with Crippen LogP contribution in [0, 0.1) is 11.3 Å². The predicted octanol–water partition coefficient (Wildman–Crippen LogP) is 2.49. The van der Waals surface area contributed by atoms with E-state index >= 15 is 0 Å². The highest BCUT2D eigenvalue weighted by Crippen LogP contribution is 2.51. The molecular weight excluding hydrogens is 340 g/mol. The van der Waals surface area contributed by atoms with Gasteiger partial charge in [-0.3, -0.25) is 0 Å². The largest absolute Gasteiger partial charge is 0.316 e. The second-order valence-electron chi connectivity index (χ2n) is 6.04. The van der Waals surface area contributed by atoms with Gasteiger partial charge in [-0.25, -0.2) is 13.1 Å². The molecule has 0 spiro atoms. The van der Waals surface area contributed by atoms with Gasteiger partial charge >= 0.3 is 0 Å². The van der Waals surface area contributed by atoms with Crippen molar-refractivity contribution in [1.29, 1.82) is 0 Å². The van der Waals surface area contributed by atoms with Gasteiger partial charge in [0, 0.05) is 17.6 Å². The molecule has 0 aromatic heterocycles. The van der Waals surface area contributed by atoms with Crippen LogP contribution < -0.4 is 10.0 Å². The van der Waals surface area contributed by atoms with Gasteiger partial charge in [0.05, 0.1) is 4.90 Å². The number of hydrogen-bond acceptors (Lipinski definition) is 3. The van der Waals surface area contributed by atoms with Gasteiger partial charge < -0.3 is 5.32 Å². The van der Waals surface area contributed by atoms with E-state index in [0.29, 0.717) is 28.4 Å². The highest BCUT2D eigenvalue weighted by molar-refractivity contribution is 9.10. The normalized spacial score (nSPS) is 20.9. The molecule has 0 radical (unpaired) electrons. The lowest BCUT2D eigenvalue weighted by atomic mass is 10.1. The van der Waals surface area contributed by atoms with Crippen LogP contribution in [0.25, 0.3) is 0 Å². The third-order valence-electron chi connectivity index (χ3n) is 3.90. The number of rotatable bonds is 6. The van der Waals surface area contributed by atoms with Gasteiger partial charge in [-0.2, -0.15) is 0 Å². The zero-order valence-corrected chi connectivity index (χ0v) is 14.4. The quantitative estimate of drug-likeness (QED) is 0.819. The summed E-state index contributed by atoms with van der Waals surface area (Å²) < 4.78 is 27.9. The molecule has 0 bridgehead atoms. The molecule has 1 aromatic carbocycles. The summed E-state index contributed by atoms with van der Waals surface area (Å²) in [4.78, 5) is 0.302. The Morgan fingerprint density at radius 2 is 2.05 bits per heavy atom. The van der Waals surface area contributed by atoms with Gasteiger partial charge in [-0.05, 0) is 58.4 Å². The van der Waals surface area contributed by atoms with Crippen molar-refractivity contribution < 1.29 is 8.42 Å². The van der Waals surface area contributed by atoms with E-state index in [1.165, 1.54) is 0 Å². The molecule has 112 valence electrons. The molecule has 1 aliphatic rings.